The Labute approximate surface area is 89.6 Å². The molecule has 0 bridgehead atoms. The minimum Gasteiger partial charge on any atom is -0.356 e. The number of carbonyl (C=O) groups is 1. The Morgan fingerprint density at radius 1 is 1.38 bits per heavy atom. The van der Waals surface area contributed by atoms with Crippen molar-refractivity contribution in [1.29, 1.82) is 0 Å². The van der Waals surface area contributed by atoms with Gasteiger partial charge in [0.1, 0.15) is 0 Å². The molecular weight excluding hydrogens is 230 g/mol. The molecule has 1 N–H and O–H groups in total. The van der Waals surface area contributed by atoms with Crippen LogP contribution in [0.5, 0.6) is 0 Å². The van der Waals surface area contributed by atoms with Crippen LogP contribution in [-0.4, -0.2) is 17.8 Å². The molecule has 0 aliphatic carbocycles. The first kappa shape index (κ1) is 12.9. The Morgan fingerprint density at radius 3 is 2.31 bits per heavy atom. The third-order valence-electron chi connectivity index (χ3n) is 2.24. The zero-order valence-electron chi connectivity index (χ0n) is 8.77. The average molecular weight is 250 g/mol. The van der Waals surface area contributed by atoms with Crippen molar-refractivity contribution in [2.75, 3.05) is 11.9 Å². The van der Waals surface area contributed by atoms with E-state index in [1.807, 2.05) is 0 Å². The van der Waals surface area contributed by atoms with E-state index < -0.39 is 0 Å². The minimum atomic E-state index is 0.197. The Balaban J connectivity index is 3.72. The highest BCUT2D eigenvalue weighted by Gasteiger charge is 2.13. The summed E-state index contributed by atoms with van der Waals surface area (Å²) in [6.07, 6.45) is 1.87. The summed E-state index contributed by atoms with van der Waals surface area (Å²) >= 11 is 3.38. The number of carbonyl (C=O) groups excluding carboxylic acids is 1. The summed E-state index contributed by atoms with van der Waals surface area (Å²) < 4.78 is 0. The molecule has 3 heteroatoms. The summed E-state index contributed by atoms with van der Waals surface area (Å²) in [6.45, 7) is 7.01. The van der Waals surface area contributed by atoms with Crippen molar-refractivity contribution in [3.8, 4) is 0 Å². The molecule has 0 saturated carbocycles. The third kappa shape index (κ3) is 5.29. The fourth-order valence-electron chi connectivity index (χ4n) is 1.13. The van der Waals surface area contributed by atoms with Crippen molar-refractivity contribution in [2.45, 2.75) is 33.6 Å². The smallest absolute Gasteiger partial charge is 0.223 e. The molecule has 0 saturated heterocycles. The first-order valence-electron chi connectivity index (χ1n) is 4.99. The largest absolute Gasteiger partial charge is 0.356 e. The summed E-state index contributed by atoms with van der Waals surface area (Å²) in [5.41, 5.74) is 0. The third-order valence-corrected chi connectivity index (χ3v) is 3.35. The maximum absolute atomic E-state index is 11.5. The molecule has 0 aliphatic heterocycles. The van der Waals surface area contributed by atoms with Gasteiger partial charge in [-0.05, 0) is 18.8 Å². The Kier molecular flexibility index (Phi) is 7.33. The van der Waals surface area contributed by atoms with E-state index in [1.165, 1.54) is 0 Å². The fourth-order valence-corrected chi connectivity index (χ4v) is 1.36. The number of hydrogen-bond acceptors (Lipinski definition) is 1. The number of amides is 1. The van der Waals surface area contributed by atoms with Crippen molar-refractivity contribution in [1.82, 2.24) is 5.32 Å². The quantitative estimate of drug-likeness (QED) is 0.721. The molecule has 1 amide bonds. The Hall–Kier alpha value is -0.0500. The first-order valence-corrected chi connectivity index (χ1v) is 6.11. The van der Waals surface area contributed by atoms with Gasteiger partial charge in [0.15, 0.2) is 0 Å². The molecule has 1 unspecified atom stereocenters. The standard InChI is InChI=1S/C10H20BrNO/c1-4-9(5-2)10(13)12-7-8(3)6-11/h8-9H,4-7H2,1-3H3,(H,12,13). The van der Waals surface area contributed by atoms with E-state index in [-0.39, 0.29) is 11.8 Å². The van der Waals surface area contributed by atoms with Crippen LogP contribution in [0.1, 0.15) is 33.6 Å². The van der Waals surface area contributed by atoms with Gasteiger partial charge < -0.3 is 5.32 Å². The number of halogens is 1. The highest BCUT2D eigenvalue weighted by atomic mass is 79.9. The molecule has 0 aromatic rings. The highest BCUT2D eigenvalue weighted by molar-refractivity contribution is 9.09. The fraction of sp³-hybridized carbons (Fsp3) is 0.900. The normalized spacial score (nSPS) is 13.0. The molecule has 78 valence electrons. The molecule has 0 fully saturated rings. The molecule has 1 atom stereocenters. The second-order valence-electron chi connectivity index (χ2n) is 3.52. The van der Waals surface area contributed by atoms with Crippen molar-refractivity contribution >= 4 is 21.8 Å². The second kappa shape index (κ2) is 7.36. The molecular formula is C10H20BrNO. The maximum atomic E-state index is 11.5. The van der Waals surface area contributed by atoms with E-state index in [2.05, 4.69) is 42.0 Å². The SMILES string of the molecule is CCC(CC)C(=O)NCC(C)CBr. The monoisotopic (exact) mass is 249 g/mol. The lowest BCUT2D eigenvalue weighted by molar-refractivity contribution is -0.125. The van der Waals surface area contributed by atoms with E-state index in [4.69, 9.17) is 0 Å². The number of hydrogen-bond donors (Lipinski definition) is 1. The van der Waals surface area contributed by atoms with E-state index >= 15 is 0 Å². The minimum absolute atomic E-state index is 0.197. The van der Waals surface area contributed by atoms with Gasteiger partial charge in [0.2, 0.25) is 5.91 Å². The van der Waals surface area contributed by atoms with Crippen LogP contribution in [0.4, 0.5) is 0 Å². The van der Waals surface area contributed by atoms with Gasteiger partial charge in [0, 0.05) is 17.8 Å². The summed E-state index contributed by atoms with van der Waals surface area (Å²) in [5, 5.41) is 3.91. The van der Waals surface area contributed by atoms with Crippen LogP contribution in [-0.2, 0) is 4.79 Å². The lowest BCUT2D eigenvalue weighted by Crippen LogP contribution is -2.33. The van der Waals surface area contributed by atoms with Crippen LogP contribution in [0.25, 0.3) is 0 Å². The van der Waals surface area contributed by atoms with Gasteiger partial charge in [0.05, 0.1) is 0 Å². The molecule has 2 nitrogen and oxygen atoms in total. The molecule has 0 aliphatic rings. The molecule has 0 aromatic carbocycles. The molecule has 0 radical (unpaired) electrons. The molecule has 0 rings (SSSR count). The van der Waals surface area contributed by atoms with Crippen LogP contribution < -0.4 is 5.32 Å². The maximum Gasteiger partial charge on any atom is 0.223 e. The summed E-state index contributed by atoms with van der Waals surface area (Å²) in [7, 11) is 0. The first-order chi connectivity index (χ1) is 6.15. The molecule has 13 heavy (non-hydrogen) atoms. The van der Waals surface area contributed by atoms with E-state index in [0.29, 0.717) is 5.92 Å². The van der Waals surface area contributed by atoms with Crippen molar-refractivity contribution < 1.29 is 4.79 Å². The second-order valence-corrected chi connectivity index (χ2v) is 4.17. The topological polar surface area (TPSA) is 29.1 Å². The Morgan fingerprint density at radius 2 is 1.92 bits per heavy atom. The van der Waals surface area contributed by atoms with Crippen molar-refractivity contribution in [3.63, 3.8) is 0 Å². The van der Waals surface area contributed by atoms with Crippen LogP contribution in [0.15, 0.2) is 0 Å². The van der Waals surface area contributed by atoms with Gasteiger partial charge in [-0.3, -0.25) is 4.79 Å². The van der Waals surface area contributed by atoms with Gasteiger partial charge in [0.25, 0.3) is 0 Å². The van der Waals surface area contributed by atoms with Crippen molar-refractivity contribution in [2.24, 2.45) is 11.8 Å². The predicted octanol–water partition coefficient (Wildman–Crippen LogP) is 2.57. The van der Waals surface area contributed by atoms with E-state index in [0.717, 1.165) is 24.7 Å². The molecule has 0 spiro atoms. The average Bonchev–Trinajstić information content (AvgIpc) is 2.16. The predicted molar refractivity (Wildman–Crippen MR) is 60.0 cm³/mol. The van der Waals surface area contributed by atoms with Gasteiger partial charge in [-0.15, -0.1) is 0 Å². The lowest BCUT2D eigenvalue weighted by atomic mass is 10.0. The van der Waals surface area contributed by atoms with E-state index in [9.17, 15) is 4.79 Å². The van der Waals surface area contributed by atoms with Gasteiger partial charge >= 0.3 is 0 Å². The zero-order valence-corrected chi connectivity index (χ0v) is 10.4. The number of rotatable bonds is 6. The van der Waals surface area contributed by atoms with Gasteiger partial charge in [-0.25, -0.2) is 0 Å². The highest BCUT2D eigenvalue weighted by Crippen LogP contribution is 2.07. The van der Waals surface area contributed by atoms with Gasteiger partial charge in [-0.1, -0.05) is 36.7 Å². The summed E-state index contributed by atoms with van der Waals surface area (Å²) in [4.78, 5) is 11.5. The molecule has 0 heterocycles. The summed E-state index contributed by atoms with van der Waals surface area (Å²) in [6, 6.07) is 0. The lowest BCUT2D eigenvalue weighted by Gasteiger charge is -2.14. The summed E-state index contributed by atoms with van der Waals surface area (Å²) in [5.74, 6) is 0.915. The van der Waals surface area contributed by atoms with Crippen LogP contribution >= 0.6 is 15.9 Å². The van der Waals surface area contributed by atoms with Crippen LogP contribution in [0, 0.1) is 11.8 Å². The van der Waals surface area contributed by atoms with E-state index in [1.54, 1.807) is 0 Å². The number of nitrogens with one attached hydrogen (secondary N) is 1. The zero-order chi connectivity index (χ0) is 10.3. The molecule has 0 aromatic heterocycles. The Bertz CT molecular complexity index is 146. The van der Waals surface area contributed by atoms with Gasteiger partial charge in [-0.2, -0.15) is 0 Å². The van der Waals surface area contributed by atoms with Crippen LogP contribution in [0.3, 0.4) is 0 Å². The van der Waals surface area contributed by atoms with Crippen molar-refractivity contribution in [3.05, 3.63) is 0 Å². The van der Waals surface area contributed by atoms with Crippen LogP contribution in [0.2, 0.25) is 0 Å². The number of alkyl halides is 1.